The van der Waals surface area contributed by atoms with Crippen LogP contribution in [0, 0.1) is 0 Å². The van der Waals surface area contributed by atoms with Crippen molar-refractivity contribution in [2.24, 2.45) is 0 Å². The fourth-order valence-electron chi connectivity index (χ4n) is 2.83. The van der Waals surface area contributed by atoms with E-state index in [1.807, 2.05) is 54.6 Å². The summed E-state index contributed by atoms with van der Waals surface area (Å²) in [6, 6.07) is 17.2. The van der Waals surface area contributed by atoms with E-state index in [0.717, 1.165) is 11.1 Å². The second-order valence-electron chi connectivity index (χ2n) is 6.76. The molecule has 0 saturated carbocycles. The van der Waals surface area contributed by atoms with Gasteiger partial charge in [-0.05, 0) is 23.3 Å². The zero-order valence-corrected chi connectivity index (χ0v) is 16.4. The lowest BCUT2D eigenvalue weighted by atomic mass is 10.1. The van der Waals surface area contributed by atoms with Gasteiger partial charge in [0.15, 0.2) is 0 Å². The Morgan fingerprint density at radius 2 is 1.70 bits per heavy atom. The highest BCUT2D eigenvalue weighted by Crippen LogP contribution is 2.17. The molecular weight excluding hydrogens is 388 g/mol. The maximum atomic E-state index is 12.2. The number of hydrogen-bond acceptors (Lipinski definition) is 6. The molecule has 8 nitrogen and oxygen atoms in total. The van der Waals surface area contributed by atoms with E-state index in [9.17, 15) is 9.59 Å². The molecule has 0 atom stereocenters. The Morgan fingerprint density at radius 3 is 2.43 bits per heavy atom. The zero-order valence-electron chi connectivity index (χ0n) is 16.4. The molecule has 0 aliphatic rings. The quantitative estimate of drug-likeness (QED) is 0.458. The monoisotopic (exact) mass is 412 g/mol. The van der Waals surface area contributed by atoms with Crippen LogP contribution in [0.15, 0.2) is 70.4 Å². The first-order chi connectivity index (χ1) is 14.6. The lowest BCUT2D eigenvalue weighted by molar-refractivity contribution is -0.0513. The summed E-state index contributed by atoms with van der Waals surface area (Å²) < 4.78 is 12.3. The minimum Gasteiger partial charge on any atom is -0.489 e. The molecule has 0 aliphatic carbocycles. The van der Waals surface area contributed by atoms with Crippen molar-refractivity contribution in [1.82, 2.24) is 9.55 Å². The van der Waals surface area contributed by atoms with Gasteiger partial charge in [0.05, 0.1) is 13.2 Å². The molecule has 8 heteroatoms. The highest BCUT2D eigenvalue weighted by Gasteiger charge is 2.10. The molecule has 0 fully saturated rings. The highest BCUT2D eigenvalue weighted by atomic mass is 16.5. The molecule has 30 heavy (non-hydrogen) atoms. The number of ether oxygens (including phenoxy) is 2. The summed E-state index contributed by atoms with van der Waals surface area (Å²) in [6.07, 6.45) is 0.914. The summed E-state index contributed by atoms with van der Waals surface area (Å²) in [6.45, 7) is -0.521. The fraction of sp³-hybridized carbons (Fsp3) is 0.273. The predicted molar refractivity (Wildman–Crippen MR) is 110 cm³/mol. The predicted octanol–water partition coefficient (Wildman–Crippen LogP) is 1.03. The van der Waals surface area contributed by atoms with Crippen molar-refractivity contribution in [3.63, 3.8) is 0 Å². The molecule has 3 N–H and O–H groups in total. The SMILES string of the molecule is O=c1[nH]c(=O)n(COC(CO)CO)cc1Cc1cccc(OCc2ccccc2)c1. The van der Waals surface area contributed by atoms with E-state index in [4.69, 9.17) is 19.7 Å². The van der Waals surface area contributed by atoms with Gasteiger partial charge in [-0.15, -0.1) is 0 Å². The Morgan fingerprint density at radius 1 is 0.967 bits per heavy atom. The van der Waals surface area contributed by atoms with Gasteiger partial charge >= 0.3 is 5.69 Å². The standard InChI is InChI=1S/C22H24N2O6/c25-12-20(13-26)30-15-24-11-18(21(27)23-22(24)28)9-17-7-4-8-19(10-17)29-14-16-5-2-1-3-6-16/h1-8,10-11,20,25-26H,9,12-15H2,(H,23,27,28). The molecule has 1 heterocycles. The van der Waals surface area contributed by atoms with Crippen LogP contribution in [0.4, 0.5) is 0 Å². The van der Waals surface area contributed by atoms with Crippen molar-refractivity contribution >= 4 is 0 Å². The molecule has 2 aromatic carbocycles. The van der Waals surface area contributed by atoms with Crippen LogP contribution in [-0.4, -0.2) is 39.1 Å². The molecule has 1 aromatic heterocycles. The largest absolute Gasteiger partial charge is 0.489 e. The summed E-state index contributed by atoms with van der Waals surface area (Å²) in [5, 5.41) is 18.1. The molecule has 0 aliphatic heterocycles. The van der Waals surface area contributed by atoms with Crippen LogP contribution in [0.25, 0.3) is 0 Å². The average Bonchev–Trinajstić information content (AvgIpc) is 2.77. The van der Waals surface area contributed by atoms with Crippen molar-refractivity contribution < 1.29 is 19.7 Å². The van der Waals surface area contributed by atoms with E-state index in [-0.39, 0.29) is 19.9 Å². The normalized spacial score (nSPS) is 11.0. The number of aromatic amines is 1. The van der Waals surface area contributed by atoms with Crippen LogP contribution in [0.1, 0.15) is 16.7 Å². The van der Waals surface area contributed by atoms with Crippen molar-refractivity contribution in [1.29, 1.82) is 0 Å². The number of aliphatic hydroxyl groups is 2. The summed E-state index contributed by atoms with van der Waals surface area (Å²) in [5.41, 5.74) is 1.17. The Hall–Kier alpha value is -3.20. The van der Waals surface area contributed by atoms with Gasteiger partial charge in [0.25, 0.3) is 5.56 Å². The van der Waals surface area contributed by atoms with E-state index < -0.39 is 17.4 Å². The molecular formula is C22H24N2O6. The van der Waals surface area contributed by atoms with Gasteiger partial charge in [0, 0.05) is 18.2 Å². The lowest BCUT2D eigenvalue weighted by Crippen LogP contribution is -2.34. The zero-order chi connectivity index (χ0) is 21.3. The van der Waals surface area contributed by atoms with E-state index in [1.54, 1.807) is 0 Å². The third-order valence-electron chi connectivity index (χ3n) is 4.48. The number of rotatable bonds is 10. The Balaban J connectivity index is 1.71. The fourth-order valence-corrected chi connectivity index (χ4v) is 2.83. The first kappa shape index (κ1) is 21.5. The van der Waals surface area contributed by atoms with E-state index >= 15 is 0 Å². The number of benzene rings is 2. The maximum absolute atomic E-state index is 12.2. The van der Waals surface area contributed by atoms with Crippen molar-refractivity contribution in [3.05, 3.63) is 98.3 Å². The molecule has 0 bridgehead atoms. The molecule has 0 saturated heterocycles. The van der Waals surface area contributed by atoms with Crippen LogP contribution in [-0.2, 0) is 24.5 Å². The molecule has 0 radical (unpaired) electrons. The van der Waals surface area contributed by atoms with Gasteiger partial charge in [-0.25, -0.2) is 4.79 Å². The van der Waals surface area contributed by atoms with Crippen molar-refractivity contribution in [2.75, 3.05) is 13.2 Å². The molecule has 158 valence electrons. The summed E-state index contributed by atoms with van der Waals surface area (Å²) in [7, 11) is 0. The van der Waals surface area contributed by atoms with Crippen molar-refractivity contribution in [3.8, 4) is 5.75 Å². The average molecular weight is 412 g/mol. The number of H-pyrrole nitrogens is 1. The highest BCUT2D eigenvalue weighted by molar-refractivity contribution is 5.32. The van der Waals surface area contributed by atoms with Crippen LogP contribution >= 0.6 is 0 Å². The number of nitrogens with one attached hydrogen (secondary N) is 1. The first-order valence-electron chi connectivity index (χ1n) is 9.50. The van der Waals surface area contributed by atoms with Gasteiger partial charge in [-0.3, -0.25) is 14.3 Å². The van der Waals surface area contributed by atoms with Gasteiger partial charge < -0.3 is 19.7 Å². The van der Waals surface area contributed by atoms with Crippen LogP contribution in [0.5, 0.6) is 5.75 Å². The van der Waals surface area contributed by atoms with E-state index in [2.05, 4.69) is 4.98 Å². The third kappa shape index (κ3) is 5.90. The smallest absolute Gasteiger partial charge is 0.330 e. The Kier molecular flexibility index (Phi) is 7.56. The lowest BCUT2D eigenvalue weighted by Gasteiger charge is -2.14. The Bertz CT molecular complexity index is 1060. The van der Waals surface area contributed by atoms with Crippen molar-refractivity contribution in [2.45, 2.75) is 25.9 Å². The maximum Gasteiger partial charge on any atom is 0.330 e. The molecule has 0 amide bonds. The van der Waals surface area contributed by atoms with Gasteiger partial charge in [0.2, 0.25) is 0 Å². The topological polar surface area (TPSA) is 114 Å². The molecule has 0 spiro atoms. The van der Waals surface area contributed by atoms with Gasteiger partial charge in [-0.2, -0.15) is 0 Å². The summed E-state index contributed by atoms with van der Waals surface area (Å²) in [5.74, 6) is 0.679. The van der Waals surface area contributed by atoms with Crippen LogP contribution in [0.2, 0.25) is 0 Å². The number of aromatic nitrogens is 2. The first-order valence-corrected chi connectivity index (χ1v) is 9.50. The molecule has 3 aromatic rings. The minimum atomic E-state index is -0.800. The third-order valence-corrected chi connectivity index (χ3v) is 4.48. The number of hydrogen-bond donors (Lipinski definition) is 3. The molecule has 3 rings (SSSR count). The Labute approximate surface area is 173 Å². The van der Waals surface area contributed by atoms with Gasteiger partial charge in [0.1, 0.15) is 25.2 Å². The molecule has 0 unspecified atom stereocenters. The van der Waals surface area contributed by atoms with Gasteiger partial charge in [-0.1, -0.05) is 42.5 Å². The number of nitrogens with zero attached hydrogens (tertiary/aromatic N) is 1. The van der Waals surface area contributed by atoms with Crippen LogP contribution in [0.3, 0.4) is 0 Å². The van der Waals surface area contributed by atoms with E-state index in [1.165, 1.54) is 10.8 Å². The number of aliphatic hydroxyl groups excluding tert-OH is 2. The van der Waals surface area contributed by atoms with Crippen LogP contribution < -0.4 is 16.0 Å². The summed E-state index contributed by atoms with van der Waals surface area (Å²) in [4.78, 5) is 26.5. The second kappa shape index (κ2) is 10.5. The minimum absolute atomic E-state index is 0.200. The van der Waals surface area contributed by atoms with E-state index in [0.29, 0.717) is 24.3 Å². The second-order valence-corrected chi connectivity index (χ2v) is 6.76. The summed E-state index contributed by atoms with van der Waals surface area (Å²) >= 11 is 0.